The standard InChI is InChI=1S/C12H16Cl2N2/c1-4-5-15-11(8(2)3)12-10(14)6-9(13)7-16-12/h6-7,11,15H,2,4-5H2,1,3H3. The van der Waals surface area contributed by atoms with Crippen molar-refractivity contribution >= 4 is 23.2 Å². The Hall–Kier alpha value is -0.570. The Morgan fingerprint density at radius 3 is 2.75 bits per heavy atom. The molecule has 2 nitrogen and oxygen atoms in total. The molecule has 0 aromatic carbocycles. The first kappa shape index (κ1) is 13.5. The van der Waals surface area contributed by atoms with Crippen LogP contribution in [0.25, 0.3) is 0 Å². The van der Waals surface area contributed by atoms with Crippen LogP contribution in [0.15, 0.2) is 24.4 Å². The van der Waals surface area contributed by atoms with Crippen molar-refractivity contribution in [1.82, 2.24) is 10.3 Å². The van der Waals surface area contributed by atoms with Crippen LogP contribution in [0.4, 0.5) is 0 Å². The summed E-state index contributed by atoms with van der Waals surface area (Å²) in [6.45, 7) is 8.92. The lowest BCUT2D eigenvalue weighted by atomic mass is 10.1. The highest BCUT2D eigenvalue weighted by Gasteiger charge is 2.16. The van der Waals surface area contributed by atoms with Crippen molar-refractivity contribution in [1.29, 1.82) is 0 Å². The number of hydrogen-bond donors (Lipinski definition) is 1. The van der Waals surface area contributed by atoms with Gasteiger partial charge in [-0.3, -0.25) is 4.98 Å². The van der Waals surface area contributed by atoms with Gasteiger partial charge < -0.3 is 5.32 Å². The van der Waals surface area contributed by atoms with E-state index in [1.165, 1.54) is 0 Å². The molecule has 0 saturated heterocycles. The van der Waals surface area contributed by atoms with Crippen molar-refractivity contribution < 1.29 is 0 Å². The second-order valence-electron chi connectivity index (χ2n) is 3.75. The first-order valence-electron chi connectivity index (χ1n) is 5.26. The zero-order valence-electron chi connectivity index (χ0n) is 9.56. The summed E-state index contributed by atoms with van der Waals surface area (Å²) in [7, 11) is 0. The number of rotatable bonds is 5. The summed E-state index contributed by atoms with van der Waals surface area (Å²) in [5.41, 5.74) is 1.78. The Kier molecular flexibility index (Phi) is 5.26. The minimum Gasteiger partial charge on any atom is -0.305 e. The Morgan fingerprint density at radius 1 is 1.56 bits per heavy atom. The van der Waals surface area contributed by atoms with Crippen LogP contribution in [0, 0.1) is 0 Å². The van der Waals surface area contributed by atoms with Crippen molar-refractivity contribution in [2.45, 2.75) is 26.3 Å². The molecular formula is C12H16Cl2N2. The molecule has 1 atom stereocenters. The zero-order valence-corrected chi connectivity index (χ0v) is 11.1. The maximum Gasteiger partial charge on any atom is 0.0801 e. The van der Waals surface area contributed by atoms with Crippen LogP contribution in [-0.2, 0) is 0 Å². The molecule has 0 aliphatic heterocycles. The highest BCUT2D eigenvalue weighted by Crippen LogP contribution is 2.27. The van der Waals surface area contributed by atoms with Gasteiger partial charge in [0.1, 0.15) is 0 Å². The smallest absolute Gasteiger partial charge is 0.0801 e. The molecule has 16 heavy (non-hydrogen) atoms. The first-order valence-corrected chi connectivity index (χ1v) is 6.01. The van der Waals surface area contributed by atoms with E-state index in [9.17, 15) is 0 Å². The molecule has 1 heterocycles. The minimum absolute atomic E-state index is 0.00952. The van der Waals surface area contributed by atoms with Crippen LogP contribution < -0.4 is 5.32 Å². The fourth-order valence-corrected chi connectivity index (χ4v) is 1.92. The summed E-state index contributed by atoms with van der Waals surface area (Å²) < 4.78 is 0. The van der Waals surface area contributed by atoms with Gasteiger partial charge in [-0.1, -0.05) is 42.3 Å². The van der Waals surface area contributed by atoms with E-state index in [0.29, 0.717) is 10.0 Å². The van der Waals surface area contributed by atoms with Crippen molar-refractivity contribution in [2.24, 2.45) is 0 Å². The molecule has 1 rings (SSSR count). The lowest BCUT2D eigenvalue weighted by Crippen LogP contribution is -2.24. The summed E-state index contributed by atoms with van der Waals surface area (Å²) in [6.07, 6.45) is 2.65. The van der Waals surface area contributed by atoms with Gasteiger partial charge >= 0.3 is 0 Å². The summed E-state index contributed by atoms with van der Waals surface area (Å²) >= 11 is 11.9. The summed E-state index contributed by atoms with van der Waals surface area (Å²) in [6, 6.07) is 1.69. The maximum absolute atomic E-state index is 6.12. The monoisotopic (exact) mass is 258 g/mol. The van der Waals surface area contributed by atoms with Crippen molar-refractivity contribution in [2.75, 3.05) is 6.54 Å². The van der Waals surface area contributed by atoms with Gasteiger partial charge in [0.25, 0.3) is 0 Å². The maximum atomic E-state index is 6.12. The number of halogens is 2. The third kappa shape index (κ3) is 3.48. The van der Waals surface area contributed by atoms with E-state index < -0.39 is 0 Å². The molecule has 0 saturated carbocycles. The van der Waals surface area contributed by atoms with Crippen LogP contribution >= 0.6 is 23.2 Å². The van der Waals surface area contributed by atoms with E-state index in [-0.39, 0.29) is 6.04 Å². The normalized spacial score (nSPS) is 12.5. The average molecular weight is 259 g/mol. The average Bonchev–Trinajstić information content (AvgIpc) is 2.20. The predicted octanol–water partition coefficient (Wildman–Crippen LogP) is 4.01. The largest absolute Gasteiger partial charge is 0.305 e. The van der Waals surface area contributed by atoms with Crippen LogP contribution in [0.2, 0.25) is 10.0 Å². The van der Waals surface area contributed by atoms with Gasteiger partial charge in [0.05, 0.1) is 21.8 Å². The fourth-order valence-electron chi connectivity index (χ4n) is 1.43. The van der Waals surface area contributed by atoms with Crippen molar-refractivity contribution in [3.63, 3.8) is 0 Å². The van der Waals surface area contributed by atoms with Crippen LogP contribution in [0.1, 0.15) is 32.0 Å². The molecule has 0 bridgehead atoms. The molecule has 1 aromatic heterocycles. The van der Waals surface area contributed by atoms with Crippen LogP contribution in [-0.4, -0.2) is 11.5 Å². The molecule has 0 aliphatic carbocycles. The SMILES string of the molecule is C=C(C)C(NCCC)c1ncc(Cl)cc1Cl. The highest BCUT2D eigenvalue weighted by atomic mass is 35.5. The molecule has 1 unspecified atom stereocenters. The molecule has 0 amide bonds. The number of aromatic nitrogens is 1. The minimum atomic E-state index is -0.00952. The Bertz CT molecular complexity index is 377. The van der Waals surface area contributed by atoms with E-state index in [2.05, 4.69) is 23.8 Å². The topological polar surface area (TPSA) is 24.9 Å². The number of hydrogen-bond acceptors (Lipinski definition) is 2. The van der Waals surface area contributed by atoms with E-state index in [0.717, 1.165) is 24.2 Å². The number of nitrogens with one attached hydrogen (secondary N) is 1. The highest BCUT2D eigenvalue weighted by molar-refractivity contribution is 6.34. The second kappa shape index (κ2) is 6.24. The van der Waals surface area contributed by atoms with Gasteiger partial charge in [0.2, 0.25) is 0 Å². The fraction of sp³-hybridized carbons (Fsp3) is 0.417. The van der Waals surface area contributed by atoms with Gasteiger partial charge in [-0.25, -0.2) is 0 Å². The van der Waals surface area contributed by atoms with Gasteiger partial charge in [-0.05, 0) is 26.0 Å². The Labute approximate surface area is 107 Å². The third-order valence-corrected chi connectivity index (χ3v) is 2.71. The molecule has 0 aliphatic rings. The van der Waals surface area contributed by atoms with Gasteiger partial charge in [0, 0.05) is 6.20 Å². The lowest BCUT2D eigenvalue weighted by Gasteiger charge is -2.19. The van der Waals surface area contributed by atoms with Crippen molar-refractivity contribution in [3.05, 3.63) is 40.2 Å². The molecule has 0 radical (unpaired) electrons. The van der Waals surface area contributed by atoms with Crippen LogP contribution in [0.5, 0.6) is 0 Å². The molecule has 1 aromatic rings. The van der Waals surface area contributed by atoms with Crippen LogP contribution in [0.3, 0.4) is 0 Å². The van der Waals surface area contributed by atoms with E-state index in [1.54, 1.807) is 12.3 Å². The quantitative estimate of drug-likeness (QED) is 0.808. The van der Waals surface area contributed by atoms with E-state index in [4.69, 9.17) is 23.2 Å². The first-order chi connectivity index (χ1) is 7.56. The van der Waals surface area contributed by atoms with E-state index >= 15 is 0 Å². The van der Waals surface area contributed by atoms with Gasteiger partial charge in [0.15, 0.2) is 0 Å². The number of nitrogens with zero attached hydrogens (tertiary/aromatic N) is 1. The summed E-state index contributed by atoms with van der Waals surface area (Å²) in [4.78, 5) is 4.27. The van der Waals surface area contributed by atoms with Crippen molar-refractivity contribution in [3.8, 4) is 0 Å². The molecule has 1 N–H and O–H groups in total. The second-order valence-corrected chi connectivity index (χ2v) is 4.60. The zero-order chi connectivity index (χ0) is 12.1. The Morgan fingerprint density at radius 2 is 2.25 bits per heavy atom. The molecule has 0 spiro atoms. The lowest BCUT2D eigenvalue weighted by molar-refractivity contribution is 0.579. The summed E-state index contributed by atoms with van der Waals surface area (Å²) in [5.74, 6) is 0. The number of pyridine rings is 1. The molecular weight excluding hydrogens is 243 g/mol. The van der Waals surface area contributed by atoms with Gasteiger partial charge in [-0.2, -0.15) is 0 Å². The molecule has 4 heteroatoms. The molecule has 88 valence electrons. The Balaban J connectivity index is 2.96. The van der Waals surface area contributed by atoms with E-state index in [1.807, 2.05) is 6.92 Å². The third-order valence-electron chi connectivity index (χ3n) is 2.20. The predicted molar refractivity (Wildman–Crippen MR) is 70.1 cm³/mol. The van der Waals surface area contributed by atoms with Gasteiger partial charge in [-0.15, -0.1) is 0 Å². The summed E-state index contributed by atoms with van der Waals surface area (Å²) in [5, 5.41) is 4.48. The molecule has 0 fully saturated rings.